The number of ether oxygens (including phenoxy) is 1. The smallest absolute Gasteiger partial charge is 0.254 e. The summed E-state index contributed by atoms with van der Waals surface area (Å²) in [4.78, 5) is 18.4. The van der Waals surface area contributed by atoms with Crippen molar-refractivity contribution < 1.29 is 14.1 Å². The summed E-state index contributed by atoms with van der Waals surface area (Å²) in [6.07, 6.45) is 0. The van der Waals surface area contributed by atoms with Crippen LogP contribution in [0.15, 0.2) is 47.0 Å². The van der Waals surface area contributed by atoms with E-state index < -0.39 is 0 Å². The second kappa shape index (κ2) is 8.41. The Labute approximate surface area is 166 Å². The maximum absolute atomic E-state index is 12.6. The average molecular weight is 406 g/mol. The van der Waals surface area contributed by atoms with Gasteiger partial charge >= 0.3 is 0 Å². The van der Waals surface area contributed by atoms with E-state index >= 15 is 0 Å². The van der Waals surface area contributed by atoms with Crippen LogP contribution in [-0.2, 0) is 6.54 Å². The zero-order valence-corrected chi connectivity index (χ0v) is 16.3. The number of nitrogens with zero attached hydrogens (tertiary/aromatic N) is 3. The Morgan fingerprint density at radius 3 is 2.74 bits per heavy atom. The molecule has 0 saturated heterocycles. The minimum Gasteiger partial charge on any atom is -0.492 e. The Morgan fingerprint density at radius 1 is 1.22 bits per heavy atom. The number of benzene rings is 2. The summed E-state index contributed by atoms with van der Waals surface area (Å²) in [6, 6.07) is 12.1. The second-order valence-electron chi connectivity index (χ2n) is 5.76. The molecule has 2 aromatic carbocycles. The van der Waals surface area contributed by atoms with Gasteiger partial charge in [-0.05, 0) is 37.3 Å². The van der Waals surface area contributed by atoms with E-state index in [9.17, 15) is 4.79 Å². The van der Waals surface area contributed by atoms with Crippen molar-refractivity contribution >= 4 is 29.1 Å². The molecule has 0 fully saturated rings. The number of carbonyl (C=O) groups is 1. The van der Waals surface area contributed by atoms with Crippen molar-refractivity contribution in [1.29, 1.82) is 0 Å². The lowest BCUT2D eigenvalue weighted by molar-refractivity contribution is 0.0769. The van der Waals surface area contributed by atoms with Gasteiger partial charge in [-0.3, -0.25) is 4.79 Å². The molecule has 27 heavy (non-hydrogen) atoms. The number of halogens is 2. The third kappa shape index (κ3) is 4.59. The van der Waals surface area contributed by atoms with Crippen LogP contribution < -0.4 is 4.74 Å². The van der Waals surface area contributed by atoms with Crippen LogP contribution in [0.3, 0.4) is 0 Å². The predicted octanol–water partition coefficient (Wildman–Crippen LogP) is 4.71. The van der Waals surface area contributed by atoms with Gasteiger partial charge in [0, 0.05) is 23.2 Å². The first kappa shape index (κ1) is 19.2. The van der Waals surface area contributed by atoms with E-state index in [-0.39, 0.29) is 12.5 Å². The van der Waals surface area contributed by atoms with Crippen LogP contribution in [0.2, 0.25) is 10.0 Å². The molecule has 0 spiro atoms. The molecule has 140 valence electrons. The molecular weight excluding hydrogens is 389 g/mol. The van der Waals surface area contributed by atoms with Gasteiger partial charge in [0.25, 0.3) is 5.91 Å². The van der Waals surface area contributed by atoms with Gasteiger partial charge in [-0.2, -0.15) is 4.98 Å². The molecule has 1 amide bonds. The van der Waals surface area contributed by atoms with Gasteiger partial charge in [0.2, 0.25) is 11.7 Å². The first-order valence-electron chi connectivity index (χ1n) is 8.24. The maximum atomic E-state index is 12.6. The monoisotopic (exact) mass is 405 g/mol. The van der Waals surface area contributed by atoms with E-state index in [0.29, 0.717) is 39.7 Å². The van der Waals surface area contributed by atoms with Crippen LogP contribution in [-0.4, -0.2) is 34.6 Å². The number of carbonyl (C=O) groups excluding carboxylic acids is 1. The highest BCUT2D eigenvalue weighted by Gasteiger charge is 2.17. The van der Waals surface area contributed by atoms with Crippen molar-refractivity contribution in [2.75, 3.05) is 13.7 Å². The predicted molar refractivity (Wildman–Crippen MR) is 103 cm³/mol. The van der Waals surface area contributed by atoms with Crippen molar-refractivity contribution in [2.45, 2.75) is 13.5 Å². The number of amides is 1. The maximum Gasteiger partial charge on any atom is 0.254 e. The third-order valence-electron chi connectivity index (χ3n) is 3.75. The van der Waals surface area contributed by atoms with Crippen LogP contribution in [0.5, 0.6) is 5.75 Å². The van der Waals surface area contributed by atoms with Crippen molar-refractivity contribution in [3.63, 3.8) is 0 Å². The van der Waals surface area contributed by atoms with Crippen molar-refractivity contribution in [1.82, 2.24) is 15.0 Å². The topological polar surface area (TPSA) is 68.5 Å². The van der Waals surface area contributed by atoms with E-state index in [0.717, 1.165) is 5.56 Å². The first-order valence-corrected chi connectivity index (χ1v) is 9.00. The Bertz CT molecular complexity index is 959. The summed E-state index contributed by atoms with van der Waals surface area (Å²) in [5.74, 6) is 1.05. The summed E-state index contributed by atoms with van der Waals surface area (Å²) >= 11 is 12.1. The Morgan fingerprint density at radius 2 is 2.04 bits per heavy atom. The lowest BCUT2D eigenvalue weighted by Gasteiger charge is -2.15. The molecular formula is C19H17Cl2N3O3. The zero-order chi connectivity index (χ0) is 19.4. The summed E-state index contributed by atoms with van der Waals surface area (Å²) in [6.45, 7) is 2.53. The highest BCUT2D eigenvalue weighted by Crippen LogP contribution is 2.26. The van der Waals surface area contributed by atoms with Crippen LogP contribution in [0.4, 0.5) is 0 Å². The molecule has 6 nitrogen and oxygen atoms in total. The molecule has 1 aromatic heterocycles. The van der Waals surface area contributed by atoms with Crippen molar-refractivity contribution in [3.05, 3.63) is 64.0 Å². The minimum absolute atomic E-state index is 0.164. The normalized spacial score (nSPS) is 10.7. The molecule has 0 radical (unpaired) electrons. The molecule has 3 aromatic rings. The highest BCUT2D eigenvalue weighted by atomic mass is 35.5. The van der Waals surface area contributed by atoms with E-state index in [2.05, 4.69) is 10.1 Å². The molecule has 1 heterocycles. The minimum atomic E-state index is -0.220. The van der Waals surface area contributed by atoms with Gasteiger partial charge in [-0.25, -0.2) is 0 Å². The van der Waals surface area contributed by atoms with Crippen LogP contribution in [0, 0.1) is 0 Å². The molecule has 0 N–H and O–H groups in total. The molecule has 0 aliphatic heterocycles. The van der Waals surface area contributed by atoms with Crippen molar-refractivity contribution in [2.24, 2.45) is 0 Å². The van der Waals surface area contributed by atoms with Crippen LogP contribution in [0.25, 0.3) is 11.4 Å². The molecule has 8 heteroatoms. The number of hydrogen-bond donors (Lipinski definition) is 0. The van der Waals surface area contributed by atoms with E-state index in [1.807, 2.05) is 13.0 Å². The van der Waals surface area contributed by atoms with E-state index in [1.165, 1.54) is 4.90 Å². The first-order chi connectivity index (χ1) is 13.0. The lowest BCUT2D eigenvalue weighted by atomic mass is 10.2. The second-order valence-corrected chi connectivity index (χ2v) is 6.61. The fourth-order valence-corrected chi connectivity index (χ4v) is 2.89. The molecule has 3 rings (SSSR count). The quantitative estimate of drug-likeness (QED) is 0.593. The molecule has 0 saturated carbocycles. The summed E-state index contributed by atoms with van der Waals surface area (Å²) in [5.41, 5.74) is 1.19. The van der Waals surface area contributed by atoms with Gasteiger partial charge in [-0.1, -0.05) is 40.5 Å². The third-order valence-corrected chi connectivity index (χ3v) is 4.28. The zero-order valence-electron chi connectivity index (χ0n) is 14.8. The number of rotatable bonds is 6. The fourth-order valence-electron chi connectivity index (χ4n) is 2.47. The van der Waals surface area contributed by atoms with Gasteiger partial charge < -0.3 is 14.2 Å². The Hall–Kier alpha value is -2.57. The average Bonchev–Trinajstić information content (AvgIpc) is 3.11. The van der Waals surface area contributed by atoms with Gasteiger partial charge in [0.1, 0.15) is 5.75 Å². The standard InChI is InChI=1S/C19H17Cl2N3O3/c1-3-26-16-8-7-13(10-15(16)21)19(25)24(2)11-17-22-18(23-27-17)12-5-4-6-14(20)9-12/h4-10H,3,11H2,1-2H3. The summed E-state index contributed by atoms with van der Waals surface area (Å²) < 4.78 is 10.6. The number of hydrogen-bond acceptors (Lipinski definition) is 5. The number of aromatic nitrogens is 2. The molecule has 0 unspecified atom stereocenters. The Balaban J connectivity index is 1.71. The van der Waals surface area contributed by atoms with Crippen LogP contribution in [0.1, 0.15) is 23.2 Å². The van der Waals surface area contributed by atoms with Gasteiger partial charge in [-0.15, -0.1) is 0 Å². The lowest BCUT2D eigenvalue weighted by Crippen LogP contribution is -2.26. The van der Waals surface area contributed by atoms with E-state index in [1.54, 1.807) is 43.4 Å². The van der Waals surface area contributed by atoms with Crippen LogP contribution >= 0.6 is 23.2 Å². The molecule has 0 atom stereocenters. The highest BCUT2D eigenvalue weighted by molar-refractivity contribution is 6.32. The SMILES string of the molecule is CCOc1ccc(C(=O)N(C)Cc2nc(-c3cccc(Cl)c3)no2)cc1Cl. The summed E-state index contributed by atoms with van der Waals surface area (Å²) in [7, 11) is 1.65. The Kier molecular flexibility index (Phi) is 5.98. The van der Waals surface area contributed by atoms with Gasteiger partial charge in [0.15, 0.2) is 0 Å². The summed E-state index contributed by atoms with van der Waals surface area (Å²) in [5, 5.41) is 4.91. The molecule has 0 aliphatic rings. The fraction of sp³-hybridized carbons (Fsp3) is 0.211. The van der Waals surface area contributed by atoms with Gasteiger partial charge in [0.05, 0.1) is 18.2 Å². The van der Waals surface area contributed by atoms with E-state index in [4.69, 9.17) is 32.5 Å². The molecule has 0 bridgehead atoms. The molecule has 0 aliphatic carbocycles. The van der Waals surface area contributed by atoms with Crippen molar-refractivity contribution in [3.8, 4) is 17.1 Å². The largest absolute Gasteiger partial charge is 0.492 e.